The van der Waals surface area contributed by atoms with Crippen molar-refractivity contribution in [2.24, 2.45) is 5.92 Å². The highest BCUT2D eigenvalue weighted by Crippen LogP contribution is 2.29. The molecule has 19 heavy (non-hydrogen) atoms. The first-order valence-corrected chi connectivity index (χ1v) is 7.00. The summed E-state index contributed by atoms with van der Waals surface area (Å²) >= 11 is 1.27. The predicted octanol–water partition coefficient (Wildman–Crippen LogP) is 3.14. The number of nitrogens with zero attached hydrogens (tertiary/aromatic N) is 2. The Kier molecular flexibility index (Phi) is 4.04. The van der Waals surface area contributed by atoms with Gasteiger partial charge in [0.15, 0.2) is 0 Å². The molecular weight excluding hydrogens is 260 g/mol. The van der Waals surface area contributed by atoms with Gasteiger partial charge in [-0.05, 0) is 25.0 Å². The highest BCUT2D eigenvalue weighted by atomic mass is 32.2. The Hall–Kier alpha value is -1.62. The molecule has 0 aliphatic heterocycles. The minimum atomic E-state index is -0.811. The van der Waals surface area contributed by atoms with Gasteiger partial charge in [-0.1, -0.05) is 37.7 Å². The molecule has 1 aromatic heterocycles. The zero-order valence-electron chi connectivity index (χ0n) is 11.1. The molecular formula is C14H16N2O2S. The van der Waals surface area contributed by atoms with Crippen LogP contribution in [0, 0.1) is 12.8 Å². The Morgan fingerprint density at radius 3 is 2.32 bits per heavy atom. The summed E-state index contributed by atoms with van der Waals surface area (Å²) in [6.07, 6.45) is 0. The number of aliphatic carboxylic acids is 1. The molecule has 4 nitrogen and oxygen atoms in total. The van der Waals surface area contributed by atoms with E-state index in [0.29, 0.717) is 5.03 Å². The van der Waals surface area contributed by atoms with Gasteiger partial charge in [-0.3, -0.25) is 4.79 Å². The van der Waals surface area contributed by atoms with E-state index in [1.807, 2.05) is 45.0 Å². The Morgan fingerprint density at radius 2 is 1.79 bits per heavy atom. The first-order valence-electron chi connectivity index (χ1n) is 6.12. The van der Waals surface area contributed by atoms with Crippen LogP contribution in [-0.2, 0) is 4.79 Å². The zero-order chi connectivity index (χ0) is 14.0. The lowest BCUT2D eigenvalue weighted by atomic mass is 10.1. The summed E-state index contributed by atoms with van der Waals surface area (Å²) in [5.41, 5.74) is 2.40. The van der Waals surface area contributed by atoms with Crippen molar-refractivity contribution in [2.45, 2.75) is 31.0 Å². The number of carboxylic acid groups (broad SMARTS) is 1. The molecule has 1 heterocycles. The molecule has 0 amide bonds. The van der Waals surface area contributed by atoms with E-state index < -0.39 is 11.2 Å². The minimum absolute atomic E-state index is 0.0372. The molecule has 0 bridgehead atoms. The van der Waals surface area contributed by atoms with E-state index in [9.17, 15) is 9.90 Å². The number of fused-ring (bicyclic) bond motifs is 1. The van der Waals surface area contributed by atoms with Crippen LogP contribution in [0.3, 0.4) is 0 Å². The number of thioether (sulfide) groups is 1. The average molecular weight is 276 g/mol. The van der Waals surface area contributed by atoms with E-state index in [0.717, 1.165) is 16.7 Å². The molecule has 1 aromatic carbocycles. The van der Waals surface area contributed by atoms with Crippen LogP contribution >= 0.6 is 11.8 Å². The quantitative estimate of drug-likeness (QED) is 0.869. The number of aryl methyl sites for hydroxylation is 1. The number of rotatable bonds is 4. The van der Waals surface area contributed by atoms with E-state index in [-0.39, 0.29) is 5.92 Å². The second-order valence-corrected chi connectivity index (χ2v) is 5.85. The van der Waals surface area contributed by atoms with Crippen molar-refractivity contribution in [3.05, 3.63) is 30.0 Å². The SMILES string of the molecule is Cc1nc2ccccc2nc1SC(C(=O)O)C(C)C. The van der Waals surface area contributed by atoms with Crippen LogP contribution in [0.15, 0.2) is 29.3 Å². The maximum absolute atomic E-state index is 11.3. The van der Waals surface area contributed by atoms with Gasteiger partial charge in [0.25, 0.3) is 0 Å². The van der Waals surface area contributed by atoms with Gasteiger partial charge in [0.1, 0.15) is 10.3 Å². The van der Waals surface area contributed by atoms with Crippen LogP contribution in [-0.4, -0.2) is 26.3 Å². The van der Waals surface area contributed by atoms with Crippen LogP contribution in [0.5, 0.6) is 0 Å². The van der Waals surface area contributed by atoms with Crippen LogP contribution in [0.4, 0.5) is 0 Å². The van der Waals surface area contributed by atoms with E-state index >= 15 is 0 Å². The van der Waals surface area contributed by atoms with E-state index in [2.05, 4.69) is 9.97 Å². The molecule has 0 saturated carbocycles. The van der Waals surface area contributed by atoms with Crippen molar-refractivity contribution < 1.29 is 9.90 Å². The van der Waals surface area contributed by atoms with Crippen molar-refractivity contribution in [1.82, 2.24) is 9.97 Å². The first kappa shape index (κ1) is 13.8. The van der Waals surface area contributed by atoms with E-state index in [4.69, 9.17) is 0 Å². The van der Waals surface area contributed by atoms with Crippen molar-refractivity contribution in [3.63, 3.8) is 0 Å². The molecule has 0 fully saturated rings. The van der Waals surface area contributed by atoms with Gasteiger partial charge in [0.05, 0.1) is 16.7 Å². The molecule has 0 spiro atoms. The van der Waals surface area contributed by atoms with Gasteiger partial charge >= 0.3 is 5.97 Å². The normalized spacial score (nSPS) is 12.8. The second-order valence-electron chi connectivity index (χ2n) is 4.72. The lowest BCUT2D eigenvalue weighted by molar-refractivity contribution is -0.137. The number of hydrogen-bond acceptors (Lipinski definition) is 4. The number of carboxylic acids is 1. The standard InChI is InChI=1S/C14H16N2O2S/c1-8(2)12(14(17)18)19-13-9(3)15-10-6-4-5-7-11(10)16-13/h4-8,12H,1-3H3,(H,17,18). The molecule has 1 atom stereocenters. The lowest BCUT2D eigenvalue weighted by Gasteiger charge is -2.16. The minimum Gasteiger partial charge on any atom is -0.480 e. The molecule has 1 unspecified atom stereocenters. The molecule has 0 radical (unpaired) electrons. The van der Waals surface area contributed by atoms with Gasteiger partial charge in [-0.2, -0.15) is 0 Å². The molecule has 1 N–H and O–H groups in total. The molecule has 0 aliphatic carbocycles. The molecule has 2 aromatic rings. The van der Waals surface area contributed by atoms with Crippen LogP contribution in [0.2, 0.25) is 0 Å². The summed E-state index contributed by atoms with van der Waals surface area (Å²) in [5, 5.41) is 9.43. The van der Waals surface area contributed by atoms with Crippen molar-refractivity contribution in [3.8, 4) is 0 Å². The maximum atomic E-state index is 11.3. The number of hydrogen-bond donors (Lipinski definition) is 1. The Bertz CT molecular complexity index is 613. The summed E-state index contributed by atoms with van der Waals surface area (Å²) in [7, 11) is 0. The van der Waals surface area contributed by atoms with Gasteiger partial charge in [0.2, 0.25) is 0 Å². The largest absolute Gasteiger partial charge is 0.480 e. The highest BCUT2D eigenvalue weighted by Gasteiger charge is 2.24. The average Bonchev–Trinajstić information content (AvgIpc) is 2.35. The molecule has 2 rings (SSSR count). The summed E-state index contributed by atoms with van der Waals surface area (Å²) in [6, 6.07) is 7.60. The predicted molar refractivity (Wildman–Crippen MR) is 76.4 cm³/mol. The maximum Gasteiger partial charge on any atom is 0.317 e. The zero-order valence-corrected chi connectivity index (χ0v) is 11.9. The van der Waals surface area contributed by atoms with Crippen LogP contribution < -0.4 is 0 Å². The van der Waals surface area contributed by atoms with Crippen molar-refractivity contribution in [1.29, 1.82) is 0 Å². The third-order valence-corrected chi connectivity index (χ3v) is 4.40. The van der Waals surface area contributed by atoms with Crippen LogP contribution in [0.25, 0.3) is 11.0 Å². The third kappa shape index (κ3) is 3.04. The van der Waals surface area contributed by atoms with Gasteiger partial charge in [-0.25, -0.2) is 9.97 Å². The summed E-state index contributed by atoms with van der Waals surface area (Å²) < 4.78 is 0. The van der Waals surface area contributed by atoms with Crippen LogP contribution in [0.1, 0.15) is 19.5 Å². The number of carbonyl (C=O) groups is 1. The molecule has 100 valence electrons. The smallest absolute Gasteiger partial charge is 0.317 e. The number of benzene rings is 1. The summed E-state index contributed by atoms with van der Waals surface area (Å²) in [4.78, 5) is 20.2. The number of aromatic nitrogens is 2. The fraction of sp³-hybridized carbons (Fsp3) is 0.357. The third-order valence-electron chi connectivity index (χ3n) is 2.79. The van der Waals surface area contributed by atoms with Crippen molar-refractivity contribution >= 4 is 28.8 Å². The Morgan fingerprint density at radius 1 is 1.21 bits per heavy atom. The van der Waals surface area contributed by atoms with Gasteiger partial charge in [0, 0.05) is 0 Å². The van der Waals surface area contributed by atoms with E-state index in [1.165, 1.54) is 11.8 Å². The summed E-state index contributed by atoms with van der Waals surface area (Å²) in [5.74, 6) is -0.774. The fourth-order valence-corrected chi connectivity index (χ4v) is 2.76. The first-order chi connectivity index (χ1) is 8.99. The molecule has 0 aliphatic rings. The van der Waals surface area contributed by atoms with Gasteiger partial charge in [-0.15, -0.1) is 0 Å². The highest BCUT2D eigenvalue weighted by molar-refractivity contribution is 8.00. The van der Waals surface area contributed by atoms with Gasteiger partial charge < -0.3 is 5.11 Å². The second kappa shape index (κ2) is 5.57. The Balaban J connectivity index is 2.39. The molecule has 5 heteroatoms. The lowest BCUT2D eigenvalue weighted by Crippen LogP contribution is -2.22. The van der Waals surface area contributed by atoms with E-state index in [1.54, 1.807) is 0 Å². The topological polar surface area (TPSA) is 63.1 Å². The number of para-hydroxylation sites is 2. The monoisotopic (exact) mass is 276 g/mol. The fourth-order valence-electron chi connectivity index (χ4n) is 1.78. The summed E-state index contributed by atoms with van der Waals surface area (Å²) in [6.45, 7) is 5.66. The molecule has 0 saturated heterocycles. The van der Waals surface area contributed by atoms with Crippen molar-refractivity contribution in [2.75, 3.05) is 0 Å². The Labute approximate surface area is 116 Å².